The van der Waals surface area contributed by atoms with Gasteiger partial charge in [-0.3, -0.25) is 0 Å². The Bertz CT molecular complexity index is 535. The summed E-state index contributed by atoms with van der Waals surface area (Å²) in [5, 5.41) is 3.56. The van der Waals surface area contributed by atoms with E-state index in [1.165, 1.54) is 18.9 Å². The van der Waals surface area contributed by atoms with Gasteiger partial charge in [0.2, 0.25) is 0 Å². The van der Waals surface area contributed by atoms with Crippen LogP contribution in [0.1, 0.15) is 39.5 Å². The SMILES string of the molecule is CC1CN(c2cc(F)ccc2NCC2CCC(N)CC2)CC(C)O1. The summed E-state index contributed by atoms with van der Waals surface area (Å²) in [6, 6.07) is 5.42. The van der Waals surface area contributed by atoms with E-state index in [0.29, 0.717) is 12.0 Å². The molecular formula is C19H30FN3O. The molecule has 0 amide bonds. The predicted molar refractivity (Wildman–Crippen MR) is 97.0 cm³/mol. The molecular weight excluding hydrogens is 305 g/mol. The fourth-order valence-corrected chi connectivity index (χ4v) is 3.94. The lowest BCUT2D eigenvalue weighted by molar-refractivity contribution is -0.00519. The molecule has 1 aliphatic carbocycles. The van der Waals surface area contributed by atoms with Gasteiger partial charge >= 0.3 is 0 Å². The first kappa shape index (κ1) is 17.5. The molecule has 5 heteroatoms. The molecule has 1 saturated carbocycles. The van der Waals surface area contributed by atoms with Crippen molar-refractivity contribution < 1.29 is 9.13 Å². The Morgan fingerprint density at radius 1 is 1.17 bits per heavy atom. The quantitative estimate of drug-likeness (QED) is 0.886. The number of ether oxygens (including phenoxy) is 1. The van der Waals surface area contributed by atoms with Crippen LogP contribution in [-0.4, -0.2) is 37.9 Å². The highest BCUT2D eigenvalue weighted by molar-refractivity contribution is 5.70. The Labute approximate surface area is 144 Å². The number of nitrogens with zero attached hydrogens (tertiary/aromatic N) is 1. The number of anilines is 2. The molecule has 1 heterocycles. The molecule has 1 aliphatic heterocycles. The predicted octanol–water partition coefficient (Wildman–Crippen LogP) is 3.37. The van der Waals surface area contributed by atoms with Gasteiger partial charge in [-0.1, -0.05) is 0 Å². The minimum absolute atomic E-state index is 0.157. The van der Waals surface area contributed by atoms with Crippen LogP contribution in [-0.2, 0) is 4.74 Å². The standard InChI is InChI=1S/C19H30FN3O/c1-13-11-23(12-14(2)24-13)19-9-16(20)5-8-18(19)22-10-15-3-6-17(21)7-4-15/h5,8-9,13-15,17,22H,3-4,6-7,10-12,21H2,1-2H3. The van der Waals surface area contributed by atoms with E-state index in [1.807, 2.05) is 6.07 Å². The van der Waals surface area contributed by atoms with Gasteiger partial charge in [0.05, 0.1) is 23.6 Å². The smallest absolute Gasteiger partial charge is 0.125 e. The summed E-state index contributed by atoms with van der Waals surface area (Å²) in [7, 11) is 0. The first-order chi connectivity index (χ1) is 11.5. The van der Waals surface area contributed by atoms with Crippen molar-refractivity contribution in [3.05, 3.63) is 24.0 Å². The van der Waals surface area contributed by atoms with Crippen molar-refractivity contribution in [2.45, 2.75) is 57.8 Å². The molecule has 2 fully saturated rings. The highest BCUT2D eigenvalue weighted by Crippen LogP contribution is 2.31. The maximum Gasteiger partial charge on any atom is 0.125 e. The Balaban J connectivity index is 1.69. The second kappa shape index (κ2) is 7.70. The van der Waals surface area contributed by atoms with Gasteiger partial charge in [0.15, 0.2) is 0 Å². The first-order valence-corrected chi connectivity index (χ1v) is 9.20. The van der Waals surface area contributed by atoms with Crippen LogP contribution in [0.15, 0.2) is 18.2 Å². The van der Waals surface area contributed by atoms with Crippen molar-refractivity contribution in [1.29, 1.82) is 0 Å². The Morgan fingerprint density at radius 3 is 2.50 bits per heavy atom. The van der Waals surface area contributed by atoms with Gasteiger partial charge in [-0.05, 0) is 63.6 Å². The van der Waals surface area contributed by atoms with Gasteiger partial charge in [0.1, 0.15) is 5.82 Å². The summed E-state index contributed by atoms with van der Waals surface area (Å²) in [4.78, 5) is 2.24. The second-order valence-corrected chi connectivity index (χ2v) is 7.49. The summed E-state index contributed by atoms with van der Waals surface area (Å²) < 4.78 is 19.6. The molecule has 2 unspecified atom stereocenters. The summed E-state index contributed by atoms with van der Waals surface area (Å²) in [6.45, 7) is 6.66. The fourth-order valence-electron chi connectivity index (χ4n) is 3.94. The highest BCUT2D eigenvalue weighted by Gasteiger charge is 2.25. The molecule has 1 aromatic rings. The largest absolute Gasteiger partial charge is 0.383 e. The third-order valence-electron chi connectivity index (χ3n) is 5.19. The van der Waals surface area contributed by atoms with E-state index >= 15 is 0 Å². The lowest BCUT2D eigenvalue weighted by Gasteiger charge is -2.38. The number of nitrogens with one attached hydrogen (secondary N) is 1. The normalized spacial score (nSPS) is 31.1. The maximum absolute atomic E-state index is 13.8. The lowest BCUT2D eigenvalue weighted by Crippen LogP contribution is -2.45. The van der Waals surface area contributed by atoms with Crippen molar-refractivity contribution in [2.75, 3.05) is 29.9 Å². The number of nitrogens with two attached hydrogens (primary N) is 1. The van der Waals surface area contributed by atoms with Gasteiger partial charge in [0.25, 0.3) is 0 Å². The van der Waals surface area contributed by atoms with Crippen LogP contribution in [0.4, 0.5) is 15.8 Å². The van der Waals surface area contributed by atoms with Crippen LogP contribution >= 0.6 is 0 Å². The molecule has 0 spiro atoms. The Kier molecular flexibility index (Phi) is 5.61. The van der Waals surface area contributed by atoms with E-state index in [-0.39, 0.29) is 18.0 Å². The molecule has 0 radical (unpaired) electrons. The molecule has 2 atom stereocenters. The van der Waals surface area contributed by atoms with Crippen molar-refractivity contribution >= 4 is 11.4 Å². The molecule has 4 nitrogen and oxygen atoms in total. The second-order valence-electron chi connectivity index (χ2n) is 7.49. The zero-order valence-electron chi connectivity index (χ0n) is 14.8. The molecule has 1 saturated heterocycles. The summed E-state index contributed by atoms with van der Waals surface area (Å²) in [5.74, 6) is 0.469. The molecule has 0 bridgehead atoms. The van der Waals surface area contributed by atoms with E-state index in [4.69, 9.17) is 10.5 Å². The van der Waals surface area contributed by atoms with Crippen LogP contribution in [0.5, 0.6) is 0 Å². The van der Waals surface area contributed by atoms with Crippen LogP contribution in [0.25, 0.3) is 0 Å². The number of hydrogen-bond donors (Lipinski definition) is 2. The molecule has 3 rings (SSSR count). The Hall–Kier alpha value is -1.33. The van der Waals surface area contributed by atoms with Crippen molar-refractivity contribution in [2.24, 2.45) is 11.7 Å². The zero-order chi connectivity index (χ0) is 17.1. The van der Waals surface area contributed by atoms with Crippen LogP contribution < -0.4 is 16.0 Å². The minimum Gasteiger partial charge on any atom is -0.383 e. The summed E-state index contributed by atoms with van der Waals surface area (Å²) in [5.41, 5.74) is 7.96. The zero-order valence-corrected chi connectivity index (χ0v) is 14.8. The first-order valence-electron chi connectivity index (χ1n) is 9.20. The number of morpholine rings is 1. The Morgan fingerprint density at radius 2 is 1.83 bits per heavy atom. The average Bonchev–Trinajstić information content (AvgIpc) is 2.54. The third kappa shape index (κ3) is 4.39. The van der Waals surface area contributed by atoms with Gasteiger partial charge in [-0.15, -0.1) is 0 Å². The lowest BCUT2D eigenvalue weighted by atomic mass is 9.86. The van der Waals surface area contributed by atoms with E-state index in [9.17, 15) is 4.39 Å². The van der Waals surface area contributed by atoms with E-state index in [0.717, 1.165) is 43.9 Å². The van der Waals surface area contributed by atoms with Crippen LogP contribution in [0.2, 0.25) is 0 Å². The topological polar surface area (TPSA) is 50.5 Å². The monoisotopic (exact) mass is 335 g/mol. The molecule has 134 valence electrons. The number of hydrogen-bond acceptors (Lipinski definition) is 4. The van der Waals surface area contributed by atoms with E-state index in [1.54, 1.807) is 6.07 Å². The summed E-state index contributed by atoms with van der Waals surface area (Å²) in [6.07, 6.45) is 4.89. The fraction of sp³-hybridized carbons (Fsp3) is 0.684. The molecule has 0 aromatic heterocycles. The number of rotatable bonds is 4. The molecule has 3 N–H and O–H groups in total. The minimum atomic E-state index is -0.189. The maximum atomic E-state index is 13.8. The van der Waals surface area contributed by atoms with E-state index in [2.05, 4.69) is 24.1 Å². The number of benzene rings is 1. The molecule has 2 aliphatic rings. The van der Waals surface area contributed by atoms with Gasteiger partial charge in [-0.2, -0.15) is 0 Å². The number of halogens is 1. The van der Waals surface area contributed by atoms with Gasteiger partial charge < -0.3 is 20.7 Å². The van der Waals surface area contributed by atoms with Crippen molar-refractivity contribution in [1.82, 2.24) is 0 Å². The third-order valence-corrected chi connectivity index (χ3v) is 5.19. The van der Waals surface area contributed by atoms with E-state index < -0.39 is 0 Å². The van der Waals surface area contributed by atoms with Gasteiger partial charge in [-0.25, -0.2) is 4.39 Å². The van der Waals surface area contributed by atoms with Crippen molar-refractivity contribution in [3.8, 4) is 0 Å². The highest BCUT2D eigenvalue weighted by atomic mass is 19.1. The van der Waals surface area contributed by atoms with Gasteiger partial charge in [0, 0.05) is 25.7 Å². The molecule has 24 heavy (non-hydrogen) atoms. The van der Waals surface area contributed by atoms with Crippen molar-refractivity contribution in [3.63, 3.8) is 0 Å². The molecule has 1 aromatic carbocycles. The van der Waals surface area contributed by atoms with Crippen LogP contribution in [0, 0.1) is 11.7 Å². The van der Waals surface area contributed by atoms with Crippen LogP contribution in [0.3, 0.4) is 0 Å². The summed E-state index contributed by atoms with van der Waals surface area (Å²) >= 11 is 0. The average molecular weight is 335 g/mol.